The van der Waals surface area contributed by atoms with Gasteiger partial charge < -0.3 is 14.8 Å². The molecule has 0 spiro atoms. The third kappa shape index (κ3) is 6.03. The van der Waals surface area contributed by atoms with Gasteiger partial charge in [-0.1, -0.05) is 12.1 Å². The second-order valence-corrected chi connectivity index (χ2v) is 12.5. The topological polar surface area (TPSA) is 131 Å². The van der Waals surface area contributed by atoms with Crippen LogP contribution in [0.2, 0.25) is 0 Å². The van der Waals surface area contributed by atoms with Gasteiger partial charge in [-0.3, -0.25) is 13.8 Å². The molecule has 4 rings (SSSR count). The first-order valence-corrected chi connectivity index (χ1v) is 15.1. The maximum Gasteiger partial charge on any atom is 0.261 e. The maximum atomic E-state index is 13.1. The highest BCUT2D eigenvalue weighted by Gasteiger charge is 2.30. The Kier molecular flexibility index (Phi) is 7.56. The summed E-state index contributed by atoms with van der Waals surface area (Å²) in [4.78, 5) is 13.1. The van der Waals surface area contributed by atoms with Gasteiger partial charge in [0.15, 0.2) is 11.5 Å². The first-order valence-electron chi connectivity index (χ1n) is 11.8. The lowest BCUT2D eigenvalue weighted by Crippen LogP contribution is -2.45. The van der Waals surface area contributed by atoms with Crippen LogP contribution < -0.4 is 23.8 Å². The quantitative estimate of drug-likeness (QED) is 0.431. The maximum absolute atomic E-state index is 13.1. The first-order chi connectivity index (χ1) is 17.8. The summed E-state index contributed by atoms with van der Waals surface area (Å²) in [7, 11) is -7.72. The van der Waals surface area contributed by atoms with Crippen LogP contribution in [-0.2, 0) is 24.8 Å². The molecule has 0 saturated heterocycles. The monoisotopic (exact) mass is 559 g/mol. The van der Waals surface area contributed by atoms with Crippen LogP contribution in [0.5, 0.6) is 11.5 Å². The molecule has 0 aliphatic carbocycles. The van der Waals surface area contributed by atoms with Crippen molar-refractivity contribution >= 4 is 43.0 Å². The van der Waals surface area contributed by atoms with Gasteiger partial charge in [-0.25, -0.2) is 16.8 Å². The average Bonchev–Trinajstić information content (AvgIpc) is 2.85. The molecular weight excluding hydrogens is 530 g/mol. The standard InChI is InChI=1S/C26H29N3O7S2/c1-17-5-6-18(2)23(15-17)28-38(33,34)22-10-7-20(8-11-22)27-26(30)19(3)29(37(4,31)32)21-9-12-24-25(16-21)36-14-13-35-24/h5-12,15-16,19,28H,13-14H2,1-4H3,(H,27,30)/t19-/m0/s1. The number of hydrogen-bond donors (Lipinski definition) is 2. The molecule has 38 heavy (non-hydrogen) atoms. The predicted molar refractivity (Wildman–Crippen MR) is 146 cm³/mol. The van der Waals surface area contributed by atoms with E-state index in [-0.39, 0.29) is 10.6 Å². The van der Waals surface area contributed by atoms with Gasteiger partial charge in [-0.05, 0) is 74.4 Å². The number of nitrogens with zero attached hydrogens (tertiary/aromatic N) is 1. The van der Waals surface area contributed by atoms with Gasteiger partial charge in [0.2, 0.25) is 15.9 Å². The minimum Gasteiger partial charge on any atom is -0.486 e. The van der Waals surface area contributed by atoms with Gasteiger partial charge in [0.25, 0.3) is 10.0 Å². The molecule has 1 aliphatic heterocycles. The summed E-state index contributed by atoms with van der Waals surface area (Å²) >= 11 is 0. The average molecular weight is 560 g/mol. The fourth-order valence-electron chi connectivity index (χ4n) is 3.99. The van der Waals surface area contributed by atoms with Gasteiger partial charge in [0.05, 0.1) is 22.5 Å². The number of anilines is 3. The molecule has 0 aromatic heterocycles. The number of fused-ring (bicyclic) bond motifs is 1. The first kappa shape index (κ1) is 27.3. The van der Waals surface area contributed by atoms with E-state index in [1.54, 1.807) is 18.2 Å². The summed E-state index contributed by atoms with van der Waals surface area (Å²) in [5.41, 5.74) is 2.74. The molecular formula is C26H29N3O7S2. The Morgan fingerprint density at radius 2 is 1.55 bits per heavy atom. The number of benzene rings is 3. The van der Waals surface area contributed by atoms with Gasteiger partial charge in [-0.15, -0.1) is 0 Å². The van der Waals surface area contributed by atoms with Crippen LogP contribution in [0, 0.1) is 13.8 Å². The number of carbonyl (C=O) groups excluding carboxylic acids is 1. The highest BCUT2D eigenvalue weighted by molar-refractivity contribution is 7.92. The number of nitrogens with one attached hydrogen (secondary N) is 2. The molecule has 1 amide bonds. The van der Waals surface area contributed by atoms with Crippen LogP contribution in [-0.4, -0.2) is 48.3 Å². The van der Waals surface area contributed by atoms with Crippen molar-refractivity contribution in [2.24, 2.45) is 0 Å². The summed E-state index contributed by atoms with van der Waals surface area (Å²) in [6.45, 7) is 5.86. The summed E-state index contributed by atoms with van der Waals surface area (Å²) < 4.78 is 65.7. The number of sulfonamides is 2. The zero-order valence-electron chi connectivity index (χ0n) is 21.4. The van der Waals surface area contributed by atoms with Gasteiger partial charge >= 0.3 is 0 Å². The second kappa shape index (κ2) is 10.5. The third-order valence-corrected chi connectivity index (χ3v) is 8.56. The Hall–Kier alpha value is -3.77. The molecule has 1 heterocycles. The molecule has 10 nitrogen and oxygen atoms in total. The number of amides is 1. The fourth-order valence-corrected chi connectivity index (χ4v) is 6.28. The smallest absolute Gasteiger partial charge is 0.261 e. The summed E-state index contributed by atoms with van der Waals surface area (Å²) in [5, 5.41) is 2.66. The van der Waals surface area contributed by atoms with Crippen LogP contribution in [0.25, 0.3) is 0 Å². The number of hydrogen-bond acceptors (Lipinski definition) is 7. The van der Waals surface area contributed by atoms with E-state index >= 15 is 0 Å². The Labute approximate surface area is 222 Å². The number of carbonyl (C=O) groups is 1. The SMILES string of the molecule is Cc1ccc(C)c(NS(=O)(=O)c2ccc(NC(=O)[C@H](C)N(c3ccc4c(c3)OCCO4)S(C)(=O)=O)cc2)c1. The lowest BCUT2D eigenvalue weighted by atomic mass is 10.1. The highest BCUT2D eigenvalue weighted by atomic mass is 32.2. The molecule has 0 bridgehead atoms. The van der Waals surface area contributed by atoms with Crippen molar-refractivity contribution in [2.45, 2.75) is 31.7 Å². The molecule has 3 aromatic rings. The zero-order valence-corrected chi connectivity index (χ0v) is 23.0. The van der Waals surface area contributed by atoms with Crippen LogP contribution in [0.4, 0.5) is 17.1 Å². The Balaban J connectivity index is 1.51. The molecule has 2 N–H and O–H groups in total. The van der Waals surface area contributed by atoms with E-state index in [1.165, 1.54) is 37.3 Å². The molecule has 1 aliphatic rings. The van der Waals surface area contributed by atoms with E-state index in [0.29, 0.717) is 36.1 Å². The molecule has 3 aromatic carbocycles. The van der Waals surface area contributed by atoms with Gasteiger partial charge in [0, 0.05) is 11.8 Å². The van der Waals surface area contributed by atoms with Crippen molar-refractivity contribution in [3.05, 3.63) is 71.8 Å². The van der Waals surface area contributed by atoms with E-state index in [9.17, 15) is 21.6 Å². The molecule has 1 atom stereocenters. The van der Waals surface area contributed by atoms with E-state index in [1.807, 2.05) is 26.0 Å². The van der Waals surface area contributed by atoms with Crippen LogP contribution in [0.15, 0.2) is 65.6 Å². The summed E-state index contributed by atoms with van der Waals surface area (Å²) in [6.07, 6.45) is 1.01. The number of aryl methyl sites for hydroxylation is 2. The minimum absolute atomic E-state index is 0.0125. The number of rotatable bonds is 8. The zero-order chi connectivity index (χ0) is 27.7. The van der Waals surface area contributed by atoms with E-state index < -0.39 is 32.0 Å². The molecule has 0 saturated carbocycles. The van der Waals surface area contributed by atoms with Crippen molar-refractivity contribution < 1.29 is 31.1 Å². The van der Waals surface area contributed by atoms with Gasteiger partial charge in [-0.2, -0.15) is 0 Å². The van der Waals surface area contributed by atoms with Crippen LogP contribution >= 0.6 is 0 Å². The van der Waals surface area contributed by atoms with E-state index in [0.717, 1.165) is 21.7 Å². The molecule has 202 valence electrons. The third-order valence-electron chi connectivity index (χ3n) is 5.94. The molecule has 0 unspecified atom stereocenters. The van der Waals surface area contributed by atoms with Crippen molar-refractivity contribution in [3.8, 4) is 11.5 Å². The van der Waals surface area contributed by atoms with Gasteiger partial charge in [0.1, 0.15) is 19.3 Å². The predicted octanol–water partition coefficient (Wildman–Crippen LogP) is 3.67. The van der Waals surface area contributed by atoms with Crippen molar-refractivity contribution in [3.63, 3.8) is 0 Å². The number of ether oxygens (including phenoxy) is 2. The van der Waals surface area contributed by atoms with Crippen molar-refractivity contribution in [1.29, 1.82) is 0 Å². The van der Waals surface area contributed by atoms with Crippen LogP contribution in [0.3, 0.4) is 0 Å². The van der Waals surface area contributed by atoms with Crippen molar-refractivity contribution in [1.82, 2.24) is 0 Å². The Bertz CT molecular complexity index is 1570. The second-order valence-electron chi connectivity index (χ2n) is 9.00. The molecule has 12 heteroatoms. The Morgan fingerprint density at radius 3 is 2.21 bits per heavy atom. The lowest BCUT2D eigenvalue weighted by Gasteiger charge is -2.29. The van der Waals surface area contributed by atoms with E-state index in [4.69, 9.17) is 9.47 Å². The normalized spacial score (nSPS) is 13.9. The summed E-state index contributed by atoms with van der Waals surface area (Å²) in [6, 6.07) is 14.6. The molecule has 0 radical (unpaired) electrons. The van der Waals surface area contributed by atoms with Crippen molar-refractivity contribution in [2.75, 3.05) is 33.8 Å². The minimum atomic E-state index is -3.86. The fraction of sp³-hybridized carbons (Fsp3) is 0.269. The largest absolute Gasteiger partial charge is 0.486 e. The van der Waals surface area contributed by atoms with E-state index in [2.05, 4.69) is 10.0 Å². The highest BCUT2D eigenvalue weighted by Crippen LogP contribution is 2.35. The molecule has 0 fully saturated rings. The van der Waals surface area contributed by atoms with Crippen LogP contribution in [0.1, 0.15) is 18.1 Å². The Morgan fingerprint density at radius 1 is 0.895 bits per heavy atom. The lowest BCUT2D eigenvalue weighted by molar-refractivity contribution is -0.116. The summed E-state index contributed by atoms with van der Waals surface area (Å²) in [5.74, 6) is 0.281.